The lowest BCUT2D eigenvalue weighted by molar-refractivity contribution is -0.152. The largest absolute Gasteiger partial charge is 0.463 e. The van der Waals surface area contributed by atoms with Gasteiger partial charge < -0.3 is 9.47 Å². The van der Waals surface area contributed by atoms with Crippen LogP contribution in [0.1, 0.15) is 53.1 Å². The first-order valence-electron chi connectivity index (χ1n) is 10.9. The van der Waals surface area contributed by atoms with Crippen molar-refractivity contribution in [1.29, 1.82) is 5.26 Å². The number of carbonyl (C=O) groups is 2. The van der Waals surface area contributed by atoms with Gasteiger partial charge in [0, 0.05) is 6.42 Å². The van der Waals surface area contributed by atoms with E-state index in [0.717, 1.165) is 49.8 Å². The van der Waals surface area contributed by atoms with Gasteiger partial charge in [0.2, 0.25) is 6.10 Å². The maximum atomic E-state index is 12.9. The maximum absolute atomic E-state index is 12.9. The summed E-state index contributed by atoms with van der Waals surface area (Å²) in [5.74, 6) is -0.594. The van der Waals surface area contributed by atoms with Gasteiger partial charge in [-0.05, 0) is 85.4 Å². The van der Waals surface area contributed by atoms with E-state index in [9.17, 15) is 9.59 Å². The monoisotopic (exact) mass is 418 g/mol. The van der Waals surface area contributed by atoms with Gasteiger partial charge in [-0.1, -0.05) is 18.2 Å². The first-order valence-corrected chi connectivity index (χ1v) is 10.9. The number of aryl methyl sites for hydroxylation is 2. The summed E-state index contributed by atoms with van der Waals surface area (Å²) >= 11 is 0. The normalized spacial score (nSPS) is 14.8. The van der Waals surface area contributed by atoms with Crippen molar-refractivity contribution >= 4 is 17.7 Å². The Hall–Kier alpha value is -3.33. The van der Waals surface area contributed by atoms with Crippen LogP contribution in [0, 0.1) is 11.3 Å². The molecule has 4 rings (SSSR count). The molecule has 0 aromatic heterocycles. The number of carbonyl (C=O) groups excluding carboxylic acids is 2. The number of fused-ring (bicyclic) bond motifs is 2. The first kappa shape index (κ1) is 20.9. The lowest BCUT2D eigenvalue weighted by atomic mass is 9.99. The number of anilines is 1. The summed E-state index contributed by atoms with van der Waals surface area (Å²) in [5, 5.41) is 12.1. The summed E-state index contributed by atoms with van der Waals surface area (Å²) in [6.45, 7) is 1.90. The van der Waals surface area contributed by atoms with Crippen molar-refractivity contribution in [3.8, 4) is 6.07 Å². The van der Waals surface area contributed by atoms with Gasteiger partial charge in [-0.3, -0.25) is 5.32 Å². The Morgan fingerprint density at radius 3 is 2.45 bits per heavy atom. The van der Waals surface area contributed by atoms with Crippen molar-refractivity contribution in [2.45, 2.75) is 58.0 Å². The highest BCUT2D eigenvalue weighted by atomic mass is 16.6. The van der Waals surface area contributed by atoms with Crippen LogP contribution in [0.2, 0.25) is 0 Å². The molecule has 1 N–H and O–H groups in total. The lowest BCUT2D eigenvalue weighted by Crippen LogP contribution is -2.33. The third kappa shape index (κ3) is 4.56. The molecule has 2 aromatic rings. The van der Waals surface area contributed by atoms with E-state index in [1.54, 1.807) is 31.2 Å². The number of hydrogen-bond acceptors (Lipinski definition) is 5. The molecular formula is C25H26N2O4. The van der Waals surface area contributed by atoms with Crippen LogP contribution in [0.25, 0.3) is 0 Å². The smallest absolute Gasteiger partial charge is 0.412 e. The second-order valence-corrected chi connectivity index (χ2v) is 8.02. The van der Waals surface area contributed by atoms with Gasteiger partial charge in [-0.15, -0.1) is 0 Å². The zero-order chi connectivity index (χ0) is 21.8. The molecule has 1 unspecified atom stereocenters. The van der Waals surface area contributed by atoms with Crippen molar-refractivity contribution in [3.63, 3.8) is 0 Å². The lowest BCUT2D eigenvalue weighted by Gasteiger charge is -2.19. The zero-order valence-electron chi connectivity index (χ0n) is 17.7. The number of ether oxygens (including phenoxy) is 2. The quantitative estimate of drug-likeness (QED) is 0.708. The number of rotatable bonds is 6. The molecule has 160 valence electrons. The zero-order valence-corrected chi connectivity index (χ0v) is 17.7. The molecule has 2 aliphatic rings. The molecule has 0 spiro atoms. The molecule has 0 heterocycles. The molecule has 31 heavy (non-hydrogen) atoms. The average Bonchev–Trinajstić information content (AvgIpc) is 3.43. The Kier molecular flexibility index (Phi) is 6.22. The summed E-state index contributed by atoms with van der Waals surface area (Å²) in [7, 11) is 0. The minimum atomic E-state index is -1.08. The molecule has 0 saturated carbocycles. The van der Waals surface area contributed by atoms with Crippen molar-refractivity contribution in [3.05, 3.63) is 63.7 Å². The van der Waals surface area contributed by atoms with E-state index in [1.807, 2.05) is 0 Å². The van der Waals surface area contributed by atoms with Crippen molar-refractivity contribution < 1.29 is 19.1 Å². The van der Waals surface area contributed by atoms with E-state index >= 15 is 0 Å². The predicted molar refractivity (Wildman–Crippen MR) is 116 cm³/mol. The Balaban J connectivity index is 1.53. The fourth-order valence-corrected chi connectivity index (χ4v) is 4.62. The van der Waals surface area contributed by atoms with Crippen molar-refractivity contribution in [2.75, 3.05) is 11.9 Å². The first-order chi connectivity index (χ1) is 15.1. The van der Waals surface area contributed by atoms with Gasteiger partial charge in [0.1, 0.15) is 0 Å². The van der Waals surface area contributed by atoms with E-state index < -0.39 is 18.2 Å². The van der Waals surface area contributed by atoms with Crippen LogP contribution in [0.5, 0.6) is 0 Å². The van der Waals surface area contributed by atoms with E-state index in [1.165, 1.54) is 22.3 Å². The summed E-state index contributed by atoms with van der Waals surface area (Å²) in [5.41, 5.74) is 7.12. The minimum Gasteiger partial charge on any atom is -0.463 e. The molecule has 2 aromatic carbocycles. The highest BCUT2D eigenvalue weighted by molar-refractivity contribution is 5.90. The summed E-state index contributed by atoms with van der Waals surface area (Å²) in [6.07, 6.45) is 4.54. The number of nitrogens with zero attached hydrogens (tertiary/aromatic N) is 1. The van der Waals surface area contributed by atoms with E-state index in [2.05, 4.69) is 17.5 Å². The van der Waals surface area contributed by atoms with Crippen LogP contribution < -0.4 is 5.32 Å². The van der Waals surface area contributed by atoms with Crippen LogP contribution in [-0.4, -0.2) is 24.8 Å². The summed E-state index contributed by atoms with van der Waals surface area (Å²) < 4.78 is 10.7. The fourth-order valence-electron chi connectivity index (χ4n) is 4.62. The maximum Gasteiger partial charge on any atom is 0.412 e. The van der Waals surface area contributed by atoms with E-state index in [4.69, 9.17) is 14.7 Å². The summed E-state index contributed by atoms with van der Waals surface area (Å²) in [4.78, 5) is 25.3. The Labute approximate surface area is 182 Å². The van der Waals surface area contributed by atoms with Crippen LogP contribution in [0.4, 0.5) is 10.5 Å². The van der Waals surface area contributed by atoms with E-state index in [-0.39, 0.29) is 13.0 Å². The third-order valence-corrected chi connectivity index (χ3v) is 5.98. The van der Waals surface area contributed by atoms with Gasteiger partial charge >= 0.3 is 12.1 Å². The van der Waals surface area contributed by atoms with Crippen LogP contribution in [0.3, 0.4) is 0 Å². The Bertz CT molecular complexity index is 1020. The molecular weight excluding hydrogens is 392 g/mol. The molecule has 6 heteroatoms. The van der Waals surface area contributed by atoms with Gasteiger partial charge in [-0.2, -0.15) is 5.26 Å². The van der Waals surface area contributed by atoms with Crippen molar-refractivity contribution in [1.82, 2.24) is 0 Å². The molecule has 1 atom stereocenters. The molecule has 0 aliphatic heterocycles. The fraction of sp³-hybridized carbons (Fsp3) is 0.400. The van der Waals surface area contributed by atoms with Crippen LogP contribution in [-0.2, 0) is 46.4 Å². The second-order valence-electron chi connectivity index (χ2n) is 8.02. The Morgan fingerprint density at radius 2 is 1.81 bits per heavy atom. The molecule has 2 aliphatic carbocycles. The number of esters is 1. The number of benzene rings is 2. The number of nitrogens with one attached hydrogen (secondary N) is 1. The highest BCUT2D eigenvalue weighted by Crippen LogP contribution is 2.38. The summed E-state index contributed by atoms with van der Waals surface area (Å²) in [6, 6.07) is 11.3. The molecule has 0 radical (unpaired) electrons. The van der Waals surface area contributed by atoms with Gasteiger partial charge in [0.15, 0.2) is 0 Å². The van der Waals surface area contributed by atoms with Crippen LogP contribution >= 0.6 is 0 Å². The molecule has 6 nitrogen and oxygen atoms in total. The minimum absolute atomic E-state index is 0.146. The third-order valence-electron chi connectivity index (χ3n) is 5.98. The molecule has 0 saturated heterocycles. The van der Waals surface area contributed by atoms with Gasteiger partial charge in [-0.25, -0.2) is 9.59 Å². The number of nitriles is 1. The highest BCUT2D eigenvalue weighted by Gasteiger charge is 2.28. The number of hydrogen-bond donors (Lipinski definition) is 1. The molecule has 0 fully saturated rings. The van der Waals surface area contributed by atoms with Crippen molar-refractivity contribution in [2.24, 2.45) is 0 Å². The number of amides is 1. The standard InChI is InChI=1S/C25H26N2O4/c1-2-30-24(28)22(13-16-6-3-7-17(12-16)15-26)31-25(29)27-23-20-10-4-8-18(20)14-19-9-5-11-21(19)23/h3,6-7,12,14,22H,2,4-5,8-11,13H2,1H3,(H,27,29). The van der Waals surface area contributed by atoms with Gasteiger partial charge in [0.25, 0.3) is 0 Å². The van der Waals surface area contributed by atoms with E-state index in [0.29, 0.717) is 5.56 Å². The predicted octanol–water partition coefficient (Wildman–Crippen LogP) is 4.26. The average molecular weight is 418 g/mol. The van der Waals surface area contributed by atoms with Crippen LogP contribution in [0.15, 0.2) is 30.3 Å². The molecule has 1 amide bonds. The topological polar surface area (TPSA) is 88.4 Å². The molecule has 0 bridgehead atoms. The second kappa shape index (κ2) is 9.22. The SMILES string of the molecule is CCOC(=O)C(Cc1cccc(C#N)c1)OC(=O)Nc1c2c(cc3c1CCC3)CCC2. The van der Waals surface area contributed by atoms with Gasteiger partial charge in [0.05, 0.1) is 23.9 Å². The Morgan fingerprint density at radius 1 is 1.10 bits per heavy atom.